The Labute approximate surface area is 173 Å². The zero-order valence-electron chi connectivity index (χ0n) is 16.2. The van der Waals surface area contributed by atoms with Crippen LogP contribution < -0.4 is 0 Å². The van der Waals surface area contributed by atoms with Crippen molar-refractivity contribution in [2.45, 2.75) is 4.90 Å². The Morgan fingerprint density at radius 1 is 0.833 bits per heavy atom. The standard InChI is InChI=1S/C24H18N2O3S/c1-30(27,28)19-13-11-17(12-14-19)23-22(16-7-3-2-4-8-16)25-24(26-23)21-15-18-9-5-6-10-20(18)29-21/h2-15H,1H3,(H,25,26). The molecular formula is C24H18N2O3S. The number of sulfone groups is 1. The third kappa shape index (κ3) is 3.31. The number of aromatic amines is 1. The summed E-state index contributed by atoms with van der Waals surface area (Å²) in [4.78, 5) is 8.49. The highest BCUT2D eigenvalue weighted by molar-refractivity contribution is 7.90. The summed E-state index contributed by atoms with van der Waals surface area (Å²) in [5.41, 5.74) is 4.17. The smallest absolute Gasteiger partial charge is 0.175 e. The minimum absolute atomic E-state index is 0.282. The van der Waals surface area contributed by atoms with E-state index >= 15 is 0 Å². The molecule has 2 heterocycles. The lowest BCUT2D eigenvalue weighted by Crippen LogP contribution is -1.96. The number of imidazole rings is 1. The third-order valence-corrected chi connectivity index (χ3v) is 6.11. The van der Waals surface area contributed by atoms with Gasteiger partial charge >= 0.3 is 0 Å². The minimum Gasteiger partial charge on any atom is -0.453 e. The molecule has 0 radical (unpaired) electrons. The second-order valence-electron chi connectivity index (χ2n) is 7.12. The molecule has 0 unspecified atom stereocenters. The maximum absolute atomic E-state index is 11.8. The quantitative estimate of drug-likeness (QED) is 0.418. The van der Waals surface area contributed by atoms with Gasteiger partial charge in [-0.25, -0.2) is 13.4 Å². The van der Waals surface area contributed by atoms with E-state index in [1.807, 2.05) is 60.7 Å². The average molecular weight is 414 g/mol. The van der Waals surface area contributed by atoms with Crippen LogP contribution in [-0.4, -0.2) is 24.6 Å². The van der Waals surface area contributed by atoms with Crippen LogP contribution in [0.4, 0.5) is 0 Å². The number of hydrogen-bond donors (Lipinski definition) is 1. The zero-order valence-corrected chi connectivity index (χ0v) is 17.0. The van der Waals surface area contributed by atoms with Crippen LogP contribution in [0.5, 0.6) is 0 Å². The van der Waals surface area contributed by atoms with Crippen LogP contribution in [0.1, 0.15) is 0 Å². The Balaban J connectivity index is 1.67. The fourth-order valence-corrected chi connectivity index (χ4v) is 4.10. The molecule has 6 heteroatoms. The molecule has 0 saturated carbocycles. The van der Waals surface area contributed by atoms with Gasteiger partial charge in [0.1, 0.15) is 5.58 Å². The maximum Gasteiger partial charge on any atom is 0.175 e. The summed E-state index contributed by atoms with van der Waals surface area (Å²) >= 11 is 0. The molecule has 0 fully saturated rings. The number of rotatable bonds is 4. The number of nitrogens with one attached hydrogen (secondary N) is 1. The molecular weight excluding hydrogens is 396 g/mol. The van der Waals surface area contributed by atoms with Crippen molar-refractivity contribution < 1.29 is 12.8 Å². The first-order valence-electron chi connectivity index (χ1n) is 9.44. The topological polar surface area (TPSA) is 76.0 Å². The number of H-pyrrole nitrogens is 1. The van der Waals surface area contributed by atoms with Crippen LogP contribution in [0.3, 0.4) is 0 Å². The van der Waals surface area contributed by atoms with Crippen LogP contribution in [0.15, 0.2) is 94.2 Å². The highest BCUT2D eigenvalue weighted by atomic mass is 32.2. The highest BCUT2D eigenvalue weighted by Gasteiger charge is 2.18. The van der Waals surface area contributed by atoms with Crippen molar-refractivity contribution in [2.24, 2.45) is 0 Å². The van der Waals surface area contributed by atoms with Crippen LogP contribution >= 0.6 is 0 Å². The summed E-state index contributed by atoms with van der Waals surface area (Å²) in [6.45, 7) is 0. The van der Waals surface area contributed by atoms with Gasteiger partial charge in [0.05, 0.1) is 16.3 Å². The van der Waals surface area contributed by atoms with Gasteiger partial charge in [-0.2, -0.15) is 0 Å². The molecule has 1 N–H and O–H groups in total. The van der Waals surface area contributed by atoms with Gasteiger partial charge in [-0.3, -0.25) is 0 Å². The zero-order chi connectivity index (χ0) is 20.7. The van der Waals surface area contributed by atoms with Gasteiger partial charge in [0, 0.05) is 22.8 Å². The lowest BCUT2D eigenvalue weighted by Gasteiger charge is -2.04. The number of aromatic nitrogens is 2. The van der Waals surface area contributed by atoms with Crippen LogP contribution in [0.2, 0.25) is 0 Å². The van der Waals surface area contributed by atoms with E-state index in [0.717, 1.165) is 33.5 Å². The van der Waals surface area contributed by atoms with E-state index in [4.69, 9.17) is 9.40 Å². The fraction of sp³-hybridized carbons (Fsp3) is 0.0417. The monoisotopic (exact) mass is 414 g/mol. The third-order valence-electron chi connectivity index (χ3n) is 4.98. The number of benzene rings is 3. The first-order chi connectivity index (χ1) is 14.5. The molecule has 0 atom stereocenters. The van der Waals surface area contributed by atoms with Gasteiger partial charge in [0.15, 0.2) is 21.4 Å². The summed E-state index contributed by atoms with van der Waals surface area (Å²) in [5.74, 6) is 1.26. The van der Waals surface area contributed by atoms with Gasteiger partial charge in [-0.05, 0) is 24.3 Å². The highest BCUT2D eigenvalue weighted by Crippen LogP contribution is 2.35. The normalized spacial score (nSPS) is 11.8. The van der Waals surface area contributed by atoms with Gasteiger partial charge in [-0.15, -0.1) is 0 Å². The second kappa shape index (κ2) is 7.00. The molecule has 0 aliphatic rings. The van der Waals surface area contributed by atoms with E-state index in [1.54, 1.807) is 24.3 Å². The molecule has 0 aliphatic carbocycles. The molecule has 0 amide bonds. The molecule has 5 aromatic rings. The molecule has 0 bridgehead atoms. The van der Waals surface area contributed by atoms with Crippen molar-refractivity contribution in [2.75, 3.05) is 6.26 Å². The van der Waals surface area contributed by atoms with Crippen molar-refractivity contribution in [3.05, 3.63) is 84.9 Å². The first-order valence-corrected chi connectivity index (χ1v) is 11.3. The predicted octanol–water partition coefficient (Wildman–Crippen LogP) is 5.56. The lowest BCUT2D eigenvalue weighted by atomic mass is 10.1. The Hall–Kier alpha value is -3.64. The van der Waals surface area contributed by atoms with Crippen molar-refractivity contribution in [1.29, 1.82) is 0 Å². The molecule has 5 rings (SSSR count). The van der Waals surface area contributed by atoms with Gasteiger partial charge in [-0.1, -0.05) is 60.7 Å². The minimum atomic E-state index is -3.26. The molecule has 2 aromatic heterocycles. The van der Waals surface area contributed by atoms with Gasteiger partial charge in [0.25, 0.3) is 0 Å². The lowest BCUT2D eigenvalue weighted by molar-refractivity contribution is 0.602. The number of nitrogens with zero attached hydrogens (tertiary/aromatic N) is 1. The molecule has 0 saturated heterocycles. The van der Waals surface area contributed by atoms with E-state index in [-0.39, 0.29) is 4.90 Å². The summed E-state index contributed by atoms with van der Waals surface area (Å²) in [7, 11) is -3.26. The molecule has 0 spiro atoms. The predicted molar refractivity (Wildman–Crippen MR) is 118 cm³/mol. The van der Waals surface area contributed by atoms with E-state index in [2.05, 4.69) is 4.98 Å². The van der Waals surface area contributed by atoms with E-state index in [9.17, 15) is 8.42 Å². The SMILES string of the molecule is CS(=O)(=O)c1ccc(-c2[nH]c(-c3cc4ccccc4o3)nc2-c2ccccc2)cc1. The average Bonchev–Trinajstić information content (AvgIpc) is 3.38. The summed E-state index contributed by atoms with van der Waals surface area (Å²) in [5, 5.41) is 1.00. The van der Waals surface area contributed by atoms with Crippen molar-refractivity contribution >= 4 is 20.8 Å². The Morgan fingerprint density at radius 2 is 1.53 bits per heavy atom. The van der Waals surface area contributed by atoms with Crippen LogP contribution in [0, 0.1) is 0 Å². The van der Waals surface area contributed by atoms with E-state index < -0.39 is 9.84 Å². The molecule has 3 aromatic carbocycles. The number of furan rings is 1. The van der Waals surface area contributed by atoms with Gasteiger partial charge < -0.3 is 9.40 Å². The van der Waals surface area contributed by atoms with E-state index in [1.165, 1.54) is 6.26 Å². The summed E-state index contributed by atoms with van der Waals surface area (Å²) in [6, 6.07) is 26.4. The molecule has 148 valence electrons. The van der Waals surface area contributed by atoms with Gasteiger partial charge in [0.2, 0.25) is 0 Å². The molecule has 5 nitrogen and oxygen atoms in total. The first kappa shape index (κ1) is 18.4. The van der Waals surface area contributed by atoms with Crippen molar-refractivity contribution in [1.82, 2.24) is 9.97 Å². The number of para-hydroxylation sites is 1. The van der Waals surface area contributed by atoms with E-state index in [0.29, 0.717) is 11.6 Å². The summed E-state index contributed by atoms with van der Waals surface area (Å²) in [6.07, 6.45) is 1.20. The number of fused-ring (bicyclic) bond motifs is 1. The molecule has 30 heavy (non-hydrogen) atoms. The Bertz CT molecular complexity index is 1410. The largest absolute Gasteiger partial charge is 0.453 e. The molecule has 0 aliphatic heterocycles. The summed E-state index contributed by atoms with van der Waals surface area (Å²) < 4.78 is 29.6. The van der Waals surface area contributed by atoms with Crippen LogP contribution in [-0.2, 0) is 9.84 Å². The Morgan fingerprint density at radius 3 is 2.23 bits per heavy atom. The Kier molecular flexibility index (Phi) is 4.29. The van der Waals surface area contributed by atoms with Crippen LogP contribution in [0.25, 0.3) is 45.1 Å². The second-order valence-corrected chi connectivity index (χ2v) is 9.14. The van der Waals surface area contributed by atoms with Crippen molar-refractivity contribution in [3.8, 4) is 34.1 Å². The van der Waals surface area contributed by atoms with Crippen molar-refractivity contribution in [3.63, 3.8) is 0 Å². The maximum atomic E-state index is 11.8. The fourth-order valence-electron chi connectivity index (χ4n) is 3.47. The number of hydrogen-bond acceptors (Lipinski definition) is 4.